The number of benzene rings is 2. The number of hydrogen-bond acceptors (Lipinski definition) is 8. The number of nitro benzene ring substituents is 2. The van der Waals surface area contributed by atoms with Crippen molar-refractivity contribution in [2.24, 2.45) is 0 Å². The van der Waals surface area contributed by atoms with E-state index in [2.05, 4.69) is 0 Å². The van der Waals surface area contributed by atoms with Crippen LogP contribution in [0, 0.1) is 34.1 Å². The Morgan fingerprint density at radius 2 is 1.65 bits per heavy atom. The number of carbonyl (C=O) groups excluding carboxylic acids is 2. The molecule has 0 atom stereocenters. The summed E-state index contributed by atoms with van der Waals surface area (Å²) in [5.41, 5.74) is 1.88. The zero-order chi connectivity index (χ0) is 24.6. The predicted octanol–water partition coefficient (Wildman–Crippen LogP) is 5.62. The number of rotatable bonds is 6. The maximum Gasteiger partial charge on any atom is 0.293 e. The highest BCUT2D eigenvalue weighted by Crippen LogP contribution is 2.37. The zero-order valence-electron chi connectivity index (χ0n) is 18.0. The van der Waals surface area contributed by atoms with Gasteiger partial charge in [0.15, 0.2) is 0 Å². The van der Waals surface area contributed by atoms with Crippen LogP contribution < -0.4 is 0 Å². The van der Waals surface area contributed by atoms with E-state index in [9.17, 15) is 29.8 Å². The van der Waals surface area contributed by atoms with Crippen LogP contribution in [0.5, 0.6) is 0 Å². The van der Waals surface area contributed by atoms with E-state index in [4.69, 9.17) is 4.42 Å². The van der Waals surface area contributed by atoms with Crippen LogP contribution in [0.1, 0.15) is 22.5 Å². The first-order valence-electron chi connectivity index (χ1n) is 9.99. The summed E-state index contributed by atoms with van der Waals surface area (Å²) in [6.07, 6.45) is 1.38. The van der Waals surface area contributed by atoms with Gasteiger partial charge in [0.25, 0.3) is 22.5 Å². The summed E-state index contributed by atoms with van der Waals surface area (Å²) in [4.78, 5) is 47.9. The van der Waals surface area contributed by atoms with E-state index < -0.39 is 21.0 Å². The summed E-state index contributed by atoms with van der Waals surface area (Å²) in [6.45, 7) is 3.37. The number of aryl methyl sites for hydroxylation is 2. The number of thioether (sulfide) groups is 1. The Balaban J connectivity index is 1.61. The summed E-state index contributed by atoms with van der Waals surface area (Å²) >= 11 is 0.688. The van der Waals surface area contributed by atoms with E-state index in [-0.39, 0.29) is 39.9 Å². The first-order chi connectivity index (χ1) is 16.2. The summed E-state index contributed by atoms with van der Waals surface area (Å²) in [7, 11) is 0. The van der Waals surface area contributed by atoms with Crippen molar-refractivity contribution < 1.29 is 23.9 Å². The van der Waals surface area contributed by atoms with Gasteiger partial charge in [-0.2, -0.15) is 0 Å². The molecule has 0 radical (unpaired) electrons. The molecule has 4 rings (SSSR count). The average Bonchev–Trinajstić information content (AvgIpc) is 3.35. The molecule has 0 saturated carbocycles. The Hall–Kier alpha value is -4.25. The normalized spacial score (nSPS) is 14.8. The van der Waals surface area contributed by atoms with Crippen molar-refractivity contribution in [3.05, 3.63) is 96.1 Å². The largest absolute Gasteiger partial charge is 0.456 e. The molecule has 0 aliphatic carbocycles. The Morgan fingerprint density at radius 3 is 2.35 bits per heavy atom. The molecule has 1 aliphatic rings. The van der Waals surface area contributed by atoms with Crippen molar-refractivity contribution in [1.82, 2.24) is 4.90 Å². The second kappa shape index (κ2) is 8.94. The third kappa shape index (κ3) is 4.33. The fraction of sp³-hybridized carbons (Fsp3) is 0.130. The fourth-order valence-electron chi connectivity index (χ4n) is 3.48. The highest BCUT2D eigenvalue weighted by molar-refractivity contribution is 8.18. The lowest BCUT2D eigenvalue weighted by atomic mass is 10.0. The van der Waals surface area contributed by atoms with Crippen LogP contribution in [0.2, 0.25) is 0 Å². The summed E-state index contributed by atoms with van der Waals surface area (Å²) in [6, 6.07) is 12.1. The fourth-order valence-corrected chi connectivity index (χ4v) is 4.30. The smallest absolute Gasteiger partial charge is 0.293 e. The molecule has 0 N–H and O–H groups in total. The topological polar surface area (TPSA) is 137 Å². The molecule has 1 saturated heterocycles. The molecule has 3 aromatic rings. The van der Waals surface area contributed by atoms with Crippen LogP contribution in [0.25, 0.3) is 17.4 Å². The van der Waals surface area contributed by atoms with Gasteiger partial charge in [-0.15, -0.1) is 0 Å². The maximum atomic E-state index is 12.8. The van der Waals surface area contributed by atoms with Gasteiger partial charge in [-0.1, -0.05) is 18.2 Å². The lowest BCUT2D eigenvalue weighted by Gasteiger charge is -2.12. The van der Waals surface area contributed by atoms with Crippen LogP contribution in [-0.2, 0) is 11.3 Å². The van der Waals surface area contributed by atoms with Gasteiger partial charge < -0.3 is 4.42 Å². The molecule has 1 aliphatic heterocycles. The second-order valence-corrected chi connectivity index (χ2v) is 8.56. The third-order valence-electron chi connectivity index (χ3n) is 5.36. The lowest BCUT2D eigenvalue weighted by molar-refractivity contribution is -0.385. The molecule has 34 heavy (non-hydrogen) atoms. The molecule has 172 valence electrons. The van der Waals surface area contributed by atoms with Crippen molar-refractivity contribution in [3.8, 4) is 11.3 Å². The Kier molecular flexibility index (Phi) is 6.03. The van der Waals surface area contributed by atoms with Gasteiger partial charge >= 0.3 is 0 Å². The highest BCUT2D eigenvalue weighted by atomic mass is 32.2. The van der Waals surface area contributed by atoms with Crippen molar-refractivity contribution in [3.63, 3.8) is 0 Å². The number of furan rings is 1. The van der Waals surface area contributed by atoms with Crippen molar-refractivity contribution in [2.75, 3.05) is 0 Å². The van der Waals surface area contributed by atoms with Gasteiger partial charge in [0.05, 0.1) is 26.9 Å². The van der Waals surface area contributed by atoms with Gasteiger partial charge in [-0.25, -0.2) is 0 Å². The van der Waals surface area contributed by atoms with Gasteiger partial charge in [-0.05, 0) is 54.9 Å². The van der Waals surface area contributed by atoms with Crippen LogP contribution >= 0.6 is 11.8 Å². The first-order valence-corrected chi connectivity index (χ1v) is 10.8. The molecule has 0 spiro atoms. The van der Waals surface area contributed by atoms with Crippen LogP contribution in [-0.4, -0.2) is 25.9 Å². The van der Waals surface area contributed by atoms with Crippen molar-refractivity contribution >= 4 is 40.4 Å². The van der Waals surface area contributed by atoms with E-state index in [1.165, 1.54) is 30.3 Å². The van der Waals surface area contributed by atoms with Crippen molar-refractivity contribution in [1.29, 1.82) is 0 Å². The van der Waals surface area contributed by atoms with Crippen molar-refractivity contribution in [2.45, 2.75) is 20.4 Å². The first kappa shape index (κ1) is 22.9. The molecular formula is C23H17N3O7S. The van der Waals surface area contributed by atoms with E-state index in [0.717, 1.165) is 16.0 Å². The summed E-state index contributed by atoms with van der Waals surface area (Å²) < 4.78 is 5.74. The SMILES string of the molecule is Cc1cc(-c2ccc(/C=C3\SC(=O)N(Cc4ccccc4[N+](=O)[O-])C3=O)o2)c([N+](=O)[O-])cc1C. The average molecular weight is 479 g/mol. The Bertz CT molecular complexity index is 1390. The number of imide groups is 1. The molecule has 0 unspecified atom stereocenters. The van der Waals surface area contributed by atoms with Crippen LogP contribution in [0.15, 0.2) is 57.9 Å². The number of hydrogen-bond donors (Lipinski definition) is 0. The maximum absolute atomic E-state index is 12.8. The third-order valence-corrected chi connectivity index (χ3v) is 6.27. The van der Waals surface area contributed by atoms with E-state index in [1.54, 1.807) is 31.2 Å². The quantitative estimate of drug-likeness (QED) is 0.252. The molecule has 2 heterocycles. The number of amides is 2. The lowest BCUT2D eigenvalue weighted by Crippen LogP contribution is -2.27. The second-order valence-electron chi connectivity index (χ2n) is 7.57. The monoisotopic (exact) mass is 479 g/mol. The predicted molar refractivity (Wildman–Crippen MR) is 125 cm³/mol. The summed E-state index contributed by atoms with van der Waals surface area (Å²) in [5, 5.41) is 22.2. The Morgan fingerprint density at radius 1 is 0.971 bits per heavy atom. The minimum absolute atomic E-state index is 0.0825. The number of nitro groups is 2. The minimum atomic E-state index is -0.608. The van der Waals surface area contributed by atoms with Crippen LogP contribution in [0.4, 0.5) is 16.2 Å². The molecule has 2 amide bonds. The highest BCUT2D eigenvalue weighted by Gasteiger charge is 2.36. The van der Waals surface area contributed by atoms with Crippen LogP contribution in [0.3, 0.4) is 0 Å². The molecule has 1 aromatic heterocycles. The van der Waals surface area contributed by atoms with Gasteiger partial charge in [0.2, 0.25) is 0 Å². The van der Waals surface area contributed by atoms with E-state index in [1.807, 2.05) is 6.92 Å². The van der Waals surface area contributed by atoms with E-state index >= 15 is 0 Å². The number of carbonyl (C=O) groups is 2. The van der Waals surface area contributed by atoms with Gasteiger partial charge in [-0.3, -0.25) is 34.7 Å². The Labute approximate surface area is 197 Å². The standard InChI is InChI=1S/C23H17N3O7S/c1-13-9-17(19(26(31)32)10-14(13)2)20-8-7-16(33-20)11-21-22(27)24(23(28)34-21)12-15-5-3-4-6-18(15)25(29)30/h3-11H,12H2,1-2H3/b21-11-. The van der Waals surface area contributed by atoms with Gasteiger partial charge in [0, 0.05) is 23.8 Å². The summed E-state index contributed by atoms with van der Waals surface area (Å²) in [5.74, 6) is -0.123. The molecule has 1 fully saturated rings. The molecule has 0 bridgehead atoms. The molecule has 10 nitrogen and oxygen atoms in total. The molecule has 2 aromatic carbocycles. The zero-order valence-corrected chi connectivity index (χ0v) is 18.8. The number of nitrogens with zero attached hydrogens (tertiary/aromatic N) is 3. The molecule has 11 heteroatoms. The van der Waals surface area contributed by atoms with E-state index in [0.29, 0.717) is 17.3 Å². The molecular weight excluding hydrogens is 462 g/mol. The van der Waals surface area contributed by atoms with Gasteiger partial charge in [0.1, 0.15) is 11.5 Å². The number of para-hydroxylation sites is 1. The minimum Gasteiger partial charge on any atom is -0.456 e.